The van der Waals surface area contributed by atoms with Crippen LogP contribution in [0.25, 0.3) is 0 Å². The number of thiophene rings is 1. The molecule has 166 valence electrons. The molecule has 1 aliphatic heterocycles. The second-order valence-corrected chi connectivity index (χ2v) is 8.66. The van der Waals surface area contributed by atoms with Crippen LogP contribution in [0.4, 0.5) is 5.00 Å². The van der Waals surface area contributed by atoms with Crippen molar-refractivity contribution >= 4 is 34.1 Å². The van der Waals surface area contributed by atoms with Gasteiger partial charge in [-0.2, -0.15) is 0 Å². The van der Waals surface area contributed by atoms with Crippen LogP contribution in [0.2, 0.25) is 0 Å². The lowest BCUT2D eigenvalue weighted by Gasteiger charge is -2.34. The monoisotopic (exact) mass is 444 g/mol. The van der Waals surface area contributed by atoms with Gasteiger partial charge >= 0.3 is 5.97 Å². The number of amides is 2. The zero-order valence-electron chi connectivity index (χ0n) is 18.1. The van der Waals surface area contributed by atoms with E-state index in [9.17, 15) is 14.4 Å². The Hall–Kier alpha value is -2.75. The largest absolute Gasteiger partial charge is 0.465 e. The maximum absolute atomic E-state index is 12.6. The molecule has 9 heteroatoms. The molecule has 0 aliphatic carbocycles. The Bertz CT molecular complexity index is 980. The quantitative estimate of drug-likeness (QED) is 0.633. The normalized spacial score (nSPS) is 14.9. The Kier molecular flexibility index (Phi) is 7.42. The van der Waals surface area contributed by atoms with Gasteiger partial charge in [-0.25, -0.2) is 4.79 Å². The minimum Gasteiger partial charge on any atom is -0.465 e. The molecule has 0 radical (unpaired) electrons. The van der Waals surface area contributed by atoms with Gasteiger partial charge in [0.1, 0.15) is 5.00 Å². The fourth-order valence-corrected chi connectivity index (χ4v) is 4.75. The molecule has 2 amide bonds. The van der Waals surface area contributed by atoms with E-state index in [1.54, 1.807) is 6.92 Å². The van der Waals surface area contributed by atoms with E-state index in [2.05, 4.69) is 40.2 Å². The fourth-order valence-electron chi connectivity index (χ4n) is 3.69. The smallest absolute Gasteiger partial charge is 0.341 e. The van der Waals surface area contributed by atoms with Crippen molar-refractivity contribution in [1.82, 2.24) is 9.80 Å². The van der Waals surface area contributed by atoms with E-state index >= 15 is 0 Å². The number of hydrogen-bond donors (Lipinski definition) is 2. The van der Waals surface area contributed by atoms with Crippen LogP contribution in [-0.2, 0) is 16.1 Å². The van der Waals surface area contributed by atoms with Crippen molar-refractivity contribution in [2.24, 2.45) is 5.73 Å². The minimum atomic E-state index is -0.641. The van der Waals surface area contributed by atoms with Crippen molar-refractivity contribution in [3.63, 3.8) is 0 Å². The number of nitrogens with zero attached hydrogens (tertiary/aromatic N) is 2. The summed E-state index contributed by atoms with van der Waals surface area (Å²) >= 11 is 0.997. The van der Waals surface area contributed by atoms with Gasteiger partial charge in [0.15, 0.2) is 0 Å². The Morgan fingerprint density at radius 1 is 1.10 bits per heavy atom. The van der Waals surface area contributed by atoms with Crippen molar-refractivity contribution in [1.29, 1.82) is 0 Å². The molecule has 0 spiro atoms. The average molecular weight is 445 g/mol. The van der Waals surface area contributed by atoms with Gasteiger partial charge in [-0.1, -0.05) is 24.3 Å². The van der Waals surface area contributed by atoms with E-state index in [1.165, 1.54) is 18.2 Å². The minimum absolute atomic E-state index is 0.178. The lowest BCUT2D eigenvalue weighted by Crippen LogP contribution is -2.48. The third-order valence-electron chi connectivity index (χ3n) is 5.50. The van der Waals surface area contributed by atoms with Crippen molar-refractivity contribution in [3.05, 3.63) is 51.4 Å². The van der Waals surface area contributed by atoms with Crippen LogP contribution in [0.15, 0.2) is 24.3 Å². The molecule has 8 nitrogen and oxygen atoms in total. The lowest BCUT2D eigenvalue weighted by molar-refractivity contribution is -0.117. The first kappa shape index (κ1) is 22.9. The number of nitrogens with two attached hydrogens (primary N) is 1. The van der Waals surface area contributed by atoms with E-state index in [0.717, 1.165) is 44.1 Å². The number of carbonyl (C=O) groups excluding carboxylic acids is 3. The van der Waals surface area contributed by atoms with Gasteiger partial charge in [-0.3, -0.25) is 19.4 Å². The summed E-state index contributed by atoms with van der Waals surface area (Å²) in [6.45, 7) is 8.15. The number of ether oxygens (including phenoxy) is 1. The molecule has 2 aromatic rings. The number of nitrogens with one attached hydrogen (secondary N) is 1. The Labute approximate surface area is 186 Å². The maximum Gasteiger partial charge on any atom is 0.341 e. The number of piperazine rings is 1. The molecule has 1 aromatic heterocycles. The molecular weight excluding hydrogens is 416 g/mol. The molecule has 1 fully saturated rings. The van der Waals surface area contributed by atoms with Crippen LogP contribution < -0.4 is 11.1 Å². The summed E-state index contributed by atoms with van der Waals surface area (Å²) in [5, 5.41) is 3.06. The molecule has 0 bridgehead atoms. The third-order valence-corrected chi connectivity index (χ3v) is 6.72. The Morgan fingerprint density at radius 3 is 2.35 bits per heavy atom. The number of carbonyl (C=O) groups is 3. The number of aryl methyl sites for hydroxylation is 1. The van der Waals surface area contributed by atoms with E-state index in [-0.39, 0.29) is 22.9 Å². The Morgan fingerprint density at radius 2 is 1.74 bits per heavy atom. The molecule has 0 saturated carbocycles. The molecule has 1 saturated heterocycles. The molecule has 0 unspecified atom stereocenters. The third kappa shape index (κ3) is 5.49. The van der Waals surface area contributed by atoms with Crippen LogP contribution in [0, 0.1) is 13.8 Å². The molecule has 0 atom stereocenters. The Balaban J connectivity index is 1.57. The summed E-state index contributed by atoms with van der Waals surface area (Å²) in [6.07, 6.45) is 0. The van der Waals surface area contributed by atoms with Crippen LogP contribution in [0.5, 0.6) is 0 Å². The van der Waals surface area contributed by atoms with Gasteiger partial charge in [0.25, 0.3) is 5.91 Å². The van der Waals surface area contributed by atoms with Gasteiger partial charge in [-0.15, -0.1) is 11.3 Å². The second-order valence-electron chi connectivity index (χ2n) is 7.64. The molecule has 2 heterocycles. The first-order chi connectivity index (χ1) is 14.8. The summed E-state index contributed by atoms with van der Waals surface area (Å²) in [5.74, 6) is -1.49. The van der Waals surface area contributed by atoms with Crippen molar-refractivity contribution in [2.45, 2.75) is 20.4 Å². The molecule has 3 rings (SSSR count). The highest BCUT2D eigenvalue weighted by Gasteiger charge is 2.26. The zero-order chi connectivity index (χ0) is 22.5. The van der Waals surface area contributed by atoms with Gasteiger partial charge < -0.3 is 15.8 Å². The number of hydrogen-bond acceptors (Lipinski definition) is 7. The van der Waals surface area contributed by atoms with Crippen LogP contribution >= 0.6 is 11.3 Å². The topological polar surface area (TPSA) is 105 Å². The molecule has 1 aromatic carbocycles. The predicted molar refractivity (Wildman–Crippen MR) is 120 cm³/mol. The standard InChI is InChI=1S/C22H28N4O4S/c1-14-6-4-5-7-16(14)12-25-8-10-26(11-9-25)13-17(27)24-21-18(22(29)30-3)15(2)19(31-21)20(23)28/h4-7H,8-13H2,1-3H3,(H2,23,28)(H,24,27). The van der Waals surface area contributed by atoms with Gasteiger partial charge in [-0.05, 0) is 30.5 Å². The first-order valence-corrected chi connectivity index (χ1v) is 10.9. The summed E-state index contributed by atoms with van der Waals surface area (Å²) in [4.78, 5) is 41.1. The van der Waals surface area contributed by atoms with Crippen molar-refractivity contribution in [3.8, 4) is 0 Å². The summed E-state index contributed by atoms with van der Waals surface area (Å²) < 4.78 is 4.80. The highest BCUT2D eigenvalue weighted by atomic mass is 32.1. The van der Waals surface area contributed by atoms with Crippen LogP contribution in [-0.4, -0.2) is 67.4 Å². The van der Waals surface area contributed by atoms with E-state index < -0.39 is 11.9 Å². The van der Waals surface area contributed by atoms with E-state index in [1.807, 2.05) is 6.07 Å². The van der Waals surface area contributed by atoms with E-state index in [0.29, 0.717) is 10.6 Å². The predicted octanol–water partition coefficient (Wildman–Crippen LogP) is 2.01. The zero-order valence-corrected chi connectivity index (χ0v) is 18.9. The SMILES string of the molecule is COC(=O)c1c(NC(=O)CN2CCN(Cc3ccccc3C)CC2)sc(C(N)=O)c1C. The van der Waals surface area contributed by atoms with Gasteiger partial charge in [0, 0.05) is 32.7 Å². The molecular formula is C22H28N4O4S. The average Bonchev–Trinajstić information content (AvgIpc) is 3.06. The first-order valence-electron chi connectivity index (χ1n) is 10.1. The van der Waals surface area contributed by atoms with Crippen molar-refractivity contribution in [2.75, 3.05) is 45.2 Å². The lowest BCUT2D eigenvalue weighted by atomic mass is 10.1. The molecule has 31 heavy (non-hydrogen) atoms. The maximum atomic E-state index is 12.6. The number of benzene rings is 1. The van der Waals surface area contributed by atoms with Crippen molar-refractivity contribution < 1.29 is 19.1 Å². The summed E-state index contributed by atoms with van der Waals surface area (Å²) in [5.41, 5.74) is 8.60. The fraction of sp³-hybridized carbons (Fsp3) is 0.409. The van der Waals surface area contributed by atoms with Crippen LogP contribution in [0.1, 0.15) is 36.7 Å². The van der Waals surface area contributed by atoms with Crippen LogP contribution in [0.3, 0.4) is 0 Å². The second kappa shape index (κ2) is 10.0. The highest BCUT2D eigenvalue weighted by molar-refractivity contribution is 7.18. The molecule has 3 N–H and O–H groups in total. The molecule has 1 aliphatic rings. The summed E-state index contributed by atoms with van der Waals surface area (Å²) in [6, 6.07) is 8.37. The van der Waals surface area contributed by atoms with Gasteiger partial charge in [0.2, 0.25) is 5.91 Å². The number of rotatable bonds is 7. The number of anilines is 1. The number of methoxy groups -OCH3 is 1. The van der Waals surface area contributed by atoms with E-state index in [4.69, 9.17) is 10.5 Å². The summed E-state index contributed by atoms with van der Waals surface area (Å²) in [7, 11) is 1.26. The number of primary amides is 1. The highest BCUT2D eigenvalue weighted by Crippen LogP contribution is 2.33. The number of esters is 1. The van der Waals surface area contributed by atoms with Gasteiger partial charge in [0.05, 0.1) is 24.1 Å².